The molecule has 6 fully saturated rings. The van der Waals surface area contributed by atoms with Gasteiger partial charge in [-0.25, -0.2) is 9.59 Å². The third-order valence-electron chi connectivity index (χ3n) is 16.6. The third-order valence-corrected chi connectivity index (χ3v) is 16.6. The number of Topliss-reactive ketones (excluding diaryl/α,β-unsaturated/α-hetero) is 2. The number of benzene rings is 2. The molecule has 5 heterocycles. The molecule has 3 saturated carbocycles. The van der Waals surface area contributed by atoms with E-state index in [9.17, 15) is 30.0 Å². The monoisotopic (exact) mass is 1040 g/mol. The first kappa shape index (κ1) is 54.5. The van der Waals surface area contributed by atoms with Crippen molar-refractivity contribution >= 4 is 29.3 Å². The predicted octanol–water partition coefficient (Wildman–Crippen LogP) is 4.72. The number of nitrogens with one attached hydrogen (secondary N) is 1. The number of ether oxygens (including phenoxy) is 8. The number of carbonyl (C=O) groups is 4. The van der Waals surface area contributed by atoms with Gasteiger partial charge in [-0.2, -0.15) is 0 Å². The highest BCUT2D eigenvalue weighted by molar-refractivity contribution is 6.11. The minimum atomic E-state index is -1.77. The lowest BCUT2D eigenvalue weighted by Gasteiger charge is -2.68. The molecule has 75 heavy (non-hydrogen) atoms. The van der Waals surface area contributed by atoms with E-state index in [4.69, 9.17) is 37.9 Å². The number of morpholine rings is 1. The number of allylic oxidation sites excluding steroid dienone is 4. The molecule has 2 aromatic rings. The average Bonchev–Trinajstić information content (AvgIpc) is 3.54. The Labute approximate surface area is 437 Å². The Bertz CT molecular complexity index is 2730. The van der Waals surface area contributed by atoms with Crippen molar-refractivity contribution in [2.24, 2.45) is 11.8 Å². The van der Waals surface area contributed by atoms with Crippen LogP contribution in [0.15, 0.2) is 71.4 Å². The average molecular weight is 1040 g/mol. The fourth-order valence-electron chi connectivity index (χ4n) is 12.9. The Kier molecular flexibility index (Phi) is 14.7. The summed E-state index contributed by atoms with van der Waals surface area (Å²) in [6.45, 7) is 16.4. The molecule has 18 nitrogen and oxygen atoms in total. The van der Waals surface area contributed by atoms with Gasteiger partial charge in [-0.05, 0) is 118 Å². The maximum absolute atomic E-state index is 16.5. The van der Waals surface area contributed by atoms with Gasteiger partial charge in [0.15, 0.2) is 22.8 Å². The lowest BCUT2D eigenvalue weighted by Crippen LogP contribution is -2.90. The lowest BCUT2D eigenvalue weighted by atomic mass is 9.42. The first-order valence-corrected chi connectivity index (χ1v) is 25.9. The molecule has 2 aromatic carbocycles. The number of methoxy groups -OCH3 is 1. The van der Waals surface area contributed by atoms with Crippen LogP contribution in [-0.2, 0) is 39.7 Å². The number of nitrogens with zero attached hydrogens (tertiary/aromatic N) is 1. The molecule has 3 saturated heterocycles. The SMILES string of the molecule is CNC12CC3C(C)(C)OC(CC=C(C)C(=O)OC)(C1=O)C31Oc3c(cc4c(c3CC=C(C)C)OC(C)(CCC=C(C)C)C=C4OC(=O)c3ccc(O[C@@H]4O[C@H](CO)[C@@H](O)[C@H](O)[C@H]4O)cc3)C(=O)C1C2N1CCOCC1. The molecule has 3 aliphatic carbocycles. The van der Waals surface area contributed by atoms with E-state index in [1.807, 2.05) is 54.5 Å². The normalized spacial score (nSPS) is 34.4. The van der Waals surface area contributed by atoms with E-state index in [-0.39, 0.29) is 58.4 Å². The summed E-state index contributed by atoms with van der Waals surface area (Å²) in [4.78, 5) is 62.1. The molecular formula is C57H72N2O16. The molecule has 7 unspecified atom stereocenters. The van der Waals surface area contributed by atoms with Crippen LogP contribution >= 0.6 is 0 Å². The summed E-state index contributed by atoms with van der Waals surface area (Å²) in [6, 6.07) is 6.80. The van der Waals surface area contributed by atoms with Gasteiger partial charge in [-0.15, -0.1) is 0 Å². The molecule has 12 atom stereocenters. The van der Waals surface area contributed by atoms with Gasteiger partial charge in [-0.3, -0.25) is 14.5 Å². The van der Waals surface area contributed by atoms with E-state index in [0.717, 1.165) is 11.1 Å². The number of aliphatic hydroxyl groups excluding tert-OH is 4. The molecule has 5 aliphatic heterocycles. The van der Waals surface area contributed by atoms with Gasteiger partial charge < -0.3 is 63.6 Å². The standard InChI is InChI=1S/C57H72N2O16/c1-30(2)12-11-20-54(8)27-38(71-50(66)33-14-16-34(17-15-33)70-51-45(64)44(63)43(62)39(29-60)72-51)36-26-37-42(61)41-48(59-22-24-69-25-23-59)55(58-9)28-40-53(6,7)75-56(52(55)67,21-19-32(5)49(65)68-10)57(40,41)74-47(37)35(46(36)73-54)18-13-31(3)4/h12-17,19,26-27,39-41,43-45,48,51,58,60,62-64H,11,18,20-25,28-29H2,1-10H3/t39-,40?,41?,43-,44+,45-,48?,51-,54?,55?,56?,57?/m1/s1. The summed E-state index contributed by atoms with van der Waals surface area (Å²) in [6.07, 6.45) is 1.59. The Morgan fingerprint density at radius 2 is 1.57 bits per heavy atom. The van der Waals surface area contributed by atoms with Crippen LogP contribution in [0.3, 0.4) is 0 Å². The van der Waals surface area contributed by atoms with Gasteiger partial charge in [0.2, 0.25) is 6.29 Å². The van der Waals surface area contributed by atoms with Gasteiger partial charge in [-0.1, -0.05) is 29.4 Å². The summed E-state index contributed by atoms with van der Waals surface area (Å²) in [5.41, 5.74) is -3.14. The number of esters is 2. The van der Waals surface area contributed by atoms with Crippen molar-refractivity contribution in [1.82, 2.24) is 10.2 Å². The number of hydrogen-bond acceptors (Lipinski definition) is 18. The highest BCUT2D eigenvalue weighted by atomic mass is 16.7. The maximum Gasteiger partial charge on any atom is 0.343 e. The summed E-state index contributed by atoms with van der Waals surface area (Å²) >= 11 is 0. The van der Waals surface area contributed by atoms with Crippen LogP contribution in [0.5, 0.6) is 17.2 Å². The van der Waals surface area contributed by atoms with Crippen LogP contribution in [0.1, 0.15) is 113 Å². The molecule has 406 valence electrons. The predicted molar refractivity (Wildman–Crippen MR) is 272 cm³/mol. The van der Waals surface area contributed by atoms with E-state index >= 15 is 9.59 Å². The molecule has 0 amide bonds. The van der Waals surface area contributed by atoms with Gasteiger partial charge >= 0.3 is 11.9 Å². The second-order valence-electron chi connectivity index (χ2n) is 22.3. The zero-order valence-corrected chi connectivity index (χ0v) is 44.5. The Hall–Kier alpha value is -5.28. The van der Waals surface area contributed by atoms with Gasteiger partial charge in [0.05, 0.1) is 60.7 Å². The van der Waals surface area contributed by atoms with E-state index in [1.165, 1.54) is 31.4 Å². The summed E-state index contributed by atoms with van der Waals surface area (Å²) < 4.78 is 50.8. The van der Waals surface area contributed by atoms with E-state index < -0.39 is 95.1 Å². The number of fused-ring (bicyclic) bond motifs is 2. The van der Waals surface area contributed by atoms with Crippen molar-refractivity contribution in [2.45, 2.75) is 152 Å². The van der Waals surface area contributed by atoms with E-state index in [1.54, 1.807) is 32.2 Å². The van der Waals surface area contributed by atoms with Crippen LogP contribution in [-0.4, -0.2) is 161 Å². The first-order valence-electron chi connectivity index (χ1n) is 25.9. The fourth-order valence-corrected chi connectivity index (χ4v) is 12.9. The highest BCUT2D eigenvalue weighted by Crippen LogP contribution is 2.71. The third kappa shape index (κ3) is 8.97. The topological polar surface area (TPSA) is 238 Å². The maximum atomic E-state index is 16.5. The van der Waals surface area contributed by atoms with Crippen molar-refractivity contribution in [3.05, 3.63) is 93.6 Å². The van der Waals surface area contributed by atoms with Crippen LogP contribution in [0.25, 0.3) is 5.76 Å². The summed E-state index contributed by atoms with van der Waals surface area (Å²) in [5, 5.41) is 44.3. The van der Waals surface area contributed by atoms with Crippen LogP contribution in [0, 0.1) is 11.8 Å². The zero-order valence-electron chi connectivity index (χ0n) is 44.5. The Morgan fingerprint density at radius 1 is 0.893 bits per heavy atom. The number of carbonyl (C=O) groups excluding carboxylic acids is 4. The number of rotatable bonds is 15. The fraction of sp³-hybridized carbons (Fsp3) is 0.579. The lowest BCUT2D eigenvalue weighted by molar-refractivity contribution is -0.277. The molecule has 18 heteroatoms. The van der Waals surface area contributed by atoms with Crippen molar-refractivity contribution < 1.29 is 77.5 Å². The quantitative estimate of drug-likeness (QED) is 0.0922. The molecule has 0 radical (unpaired) electrons. The highest BCUT2D eigenvalue weighted by Gasteiger charge is 2.89. The number of ketones is 2. The van der Waals surface area contributed by atoms with Gasteiger partial charge in [0, 0.05) is 48.7 Å². The molecule has 8 aliphatic rings. The Balaban J connectivity index is 1.19. The summed E-state index contributed by atoms with van der Waals surface area (Å²) in [5.74, 6) is -2.46. The number of hydrogen-bond donors (Lipinski definition) is 5. The van der Waals surface area contributed by atoms with Crippen LogP contribution < -0.4 is 19.5 Å². The van der Waals surface area contributed by atoms with Crippen molar-refractivity contribution in [2.75, 3.05) is 47.1 Å². The van der Waals surface area contributed by atoms with Crippen molar-refractivity contribution in [3.8, 4) is 17.2 Å². The number of likely N-dealkylation sites (N-methyl/N-ethyl adjacent to an activating group) is 1. The molecular weight excluding hydrogens is 969 g/mol. The minimum absolute atomic E-state index is 0.0814. The first-order chi connectivity index (χ1) is 35.5. The van der Waals surface area contributed by atoms with Crippen molar-refractivity contribution in [3.63, 3.8) is 0 Å². The van der Waals surface area contributed by atoms with Gasteiger partial charge in [0.1, 0.15) is 53.0 Å². The van der Waals surface area contributed by atoms with Crippen LogP contribution in [0.2, 0.25) is 0 Å². The van der Waals surface area contributed by atoms with Gasteiger partial charge in [0.25, 0.3) is 0 Å². The van der Waals surface area contributed by atoms with Crippen LogP contribution in [0.4, 0.5) is 0 Å². The van der Waals surface area contributed by atoms with Crippen molar-refractivity contribution in [1.29, 1.82) is 0 Å². The Morgan fingerprint density at radius 3 is 2.21 bits per heavy atom. The molecule has 10 rings (SSSR count). The smallest absolute Gasteiger partial charge is 0.343 e. The largest absolute Gasteiger partial charge is 0.482 e. The van der Waals surface area contributed by atoms with E-state index in [2.05, 4.69) is 16.3 Å². The second-order valence-corrected chi connectivity index (χ2v) is 22.3. The van der Waals surface area contributed by atoms with E-state index in [0.29, 0.717) is 62.4 Å². The molecule has 4 bridgehead atoms. The molecule has 0 aromatic heterocycles. The molecule has 5 N–H and O–H groups in total. The minimum Gasteiger partial charge on any atom is -0.482 e. The number of aliphatic hydroxyl groups is 4. The zero-order chi connectivity index (χ0) is 54.2. The summed E-state index contributed by atoms with van der Waals surface area (Å²) in [7, 11) is 3.05. The second kappa shape index (κ2) is 20.3. The molecule has 1 spiro atoms.